The number of piperidine rings is 1. The van der Waals surface area contributed by atoms with E-state index in [1.54, 1.807) is 6.20 Å². The molecule has 1 aromatic carbocycles. The number of likely N-dealkylation sites (tertiary alicyclic amines) is 1. The van der Waals surface area contributed by atoms with Crippen LogP contribution in [-0.4, -0.2) is 69.0 Å². The molecule has 0 radical (unpaired) electrons. The van der Waals surface area contributed by atoms with E-state index in [2.05, 4.69) is 35.8 Å². The van der Waals surface area contributed by atoms with Crippen LogP contribution in [0.4, 0.5) is 0 Å². The summed E-state index contributed by atoms with van der Waals surface area (Å²) in [6, 6.07) is 9.59. The Labute approximate surface area is 177 Å². The van der Waals surface area contributed by atoms with E-state index >= 15 is 0 Å². The van der Waals surface area contributed by atoms with Crippen molar-refractivity contribution < 1.29 is 14.9 Å². The van der Waals surface area contributed by atoms with Gasteiger partial charge in [-0.3, -0.25) is 0 Å². The zero-order chi connectivity index (χ0) is 20.2. The van der Waals surface area contributed by atoms with Crippen molar-refractivity contribution in [1.29, 1.82) is 0 Å². The Bertz CT molecular complexity index is 939. The summed E-state index contributed by atoms with van der Waals surface area (Å²) in [6.07, 6.45) is 3.16. The zero-order valence-electron chi connectivity index (χ0n) is 16.1. The first-order valence-electron chi connectivity index (χ1n) is 9.86. The fourth-order valence-electron chi connectivity index (χ4n) is 3.62. The van der Waals surface area contributed by atoms with Gasteiger partial charge in [0.15, 0.2) is 5.65 Å². The van der Waals surface area contributed by atoms with Crippen molar-refractivity contribution in [3.63, 3.8) is 0 Å². The molecule has 1 aliphatic heterocycles. The third-order valence-electron chi connectivity index (χ3n) is 5.31. The number of aliphatic hydroxyl groups excluding tert-OH is 2. The molecule has 1 aliphatic rings. The van der Waals surface area contributed by atoms with Gasteiger partial charge < -0.3 is 24.8 Å². The maximum Gasteiger partial charge on any atom is 0.178 e. The van der Waals surface area contributed by atoms with Gasteiger partial charge in [-0.1, -0.05) is 0 Å². The van der Waals surface area contributed by atoms with Crippen LogP contribution in [0.2, 0.25) is 0 Å². The number of nitrogens with zero attached hydrogens (tertiary/aromatic N) is 3. The average molecular weight is 461 g/mol. The van der Waals surface area contributed by atoms with Gasteiger partial charge in [0.2, 0.25) is 0 Å². The lowest BCUT2D eigenvalue weighted by atomic mass is 9.98. The van der Waals surface area contributed by atoms with Gasteiger partial charge in [-0.05, 0) is 78.1 Å². The van der Waals surface area contributed by atoms with E-state index in [0.29, 0.717) is 23.9 Å². The molecule has 0 amide bonds. The molecule has 1 saturated heterocycles. The minimum atomic E-state index is -0.541. The molecule has 3 aromatic rings. The SMILES string of the molecule is OCC1CCN(CC(O)COc2ccc(-c3nc4ncc(Br)cc4[nH]3)cc2)CC1. The van der Waals surface area contributed by atoms with E-state index in [4.69, 9.17) is 4.74 Å². The number of halogens is 1. The first-order chi connectivity index (χ1) is 14.1. The number of imidazole rings is 1. The van der Waals surface area contributed by atoms with Gasteiger partial charge in [-0.2, -0.15) is 0 Å². The number of pyridine rings is 1. The summed E-state index contributed by atoms with van der Waals surface area (Å²) < 4.78 is 6.65. The predicted octanol–water partition coefficient (Wildman–Crippen LogP) is 2.83. The second kappa shape index (κ2) is 9.21. The molecule has 3 N–H and O–H groups in total. The number of fused-ring (bicyclic) bond motifs is 1. The summed E-state index contributed by atoms with van der Waals surface area (Å²) in [6.45, 7) is 2.94. The first-order valence-corrected chi connectivity index (χ1v) is 10.7. The number of aliphatic hydroxyl groups is 2. The number of rotatable bonds is 7. The molecule has 1 unspecified atom stereocenters. The number of aromatic nitrogens is 3. The summed E-state index contributed by atoms with van der Waals surface area (Å²) in [7, 11) is 0. The second-order valence-electron chi connectivity index (χ2n) is 7.53. The Morgan fingerprint density at radius 2 is 2.00 bits per heavy atom. The molecular weight excluding hydrogens is 436 g/mol. The van der Waals surface area contributed by atoms with Crippen LogP contribution in [0.15, 0.2) is 41.0 Å². The maximum atomic E-state index is 10.3. The van der Waals surface area contributed by atoms with Crippen molar-refractivity contribution in [2.24, 2.45) is 5.92 Å². The molecule has 1 atom stereocenters. The van der Waals surface area contributed by atoms with Crippen molar-refractivity contribution in [2.75, 3.05) is 32.8 Å². The molecule has 1 fully saturated rings. The highest BCUT2D eigenvalue weighted by Gasteiger charge is 2.20. The largest absolute Gasteiger partial charge is 0.491 e. The monoisotopic (exact) mass is 460 g/mol. The van der Waals surface area contributed by atoms with Gasteiger partial charge >= 0.3 is 0 Å². The van der Waals surface area contributed by atoms with Crippen LogP contribution in [0.5, 0.6) is 5.75 Å². The molecule has 8 heteroatoms. The van der Waals surface area contributed by atoms with Crippen LogP contribution >= 0.6 is 15.9 Å². The zero-order valence-corrected chi connectivity index (χ0v) is 17.7. The van der Waals surface area contributed by atoms with Crippen LogP contribution < -0.4 is 4.74 Å². The van der Waals surface area contributed by atoms with Crippen LogP contribution in [0.25, 0.3) is 22.6 Å². The van der Waals surface area contributed by atoms with E-state index in [0.717, 1.165) is 47.3 Å². The predicted molar refractivity (Wildman–Crippen MR) is 115 cm³/mol. The van der Waals surface area contributed by atoms with Gasteiger partial charge in [0.05, 0.1) is 5.52 Å². The number of nitrogens with one attached hydrogen (secondary N) is 1. The van der Waals surface area contributed by atoms with Gasteiger partial charge in [0, 0.05) is 29.4 Å². The third-order valence-corrected chi connectivity index (χ3v) is 5.74. The summed E-state index contributed by atoms with van der Waals surface area (Å²) in [5.41, 5.74) is 2.49. The highest BCUT2D eigenvalue weighted by molar-refractivity contribution is 9.10. The molecule has 7 nitrogen and oxygen atoms in total. The van der Waals surface area contributed by atoms with Crippen molar-refractivity contribution in [2.45, 2.75) is 18.9 Å². The van der Waals surface area contributed by atoms with E-state index < -0.39 is 6.10 Å². The van der Waals surface area contributed by atoms with Crippen molar-refractivity contribution in [1.82, 2.24) is 19.9 Å². The molecular formula is C21H25BrN4O3. The number of aromatic amines is 1. The first kappa shape index (κ1) is 20.3. The number of H-pyrrole nitrogens is 1. The van der Waals surface area contributed by atoms with Crippen LogP contribution in [0, 0.1) is 5.92 Å². The van der Waals surface area contributed by atoms with E-state index in [-0.39, 0.29) is 13.2 Å². The highest BCUT2D eigenvalue weighted by Crippen LogP contribution is 2.24. The molecule has 2 aromatic heterocycles. The lowest BCUT2D eigenvalue weighted by molar-refractivity contribution is 0.0489. The smallest absolute Gasteiger partial charge is 0.178 e. The molecule has 154 valence electrons. The van der Waals surface area contributed by atoms with Gasteiger partial charge in [0.25, 0.3) is 0 Å². The van der Waals surface area contributed by atoms with Crippen LogP contribution in [0.1, 0.15) is 12.8 Å². The standard InChI is InChI=1S/C21H25BrN4O3/c22-16-9-19-21(23-10-16)25-20(24-19)15-1-3-18(4-2-15)29-13-17(28)11-26-7-5-14(12-27)6-8-26/h1-4,9-10,14,17,27-28H,5-8,11-13H2,(H,23,24,25). The number of benzene rings is 1. The fraction of sp³-hybridized carbons (Fsp3) is 0.429. The quantitative estimate of drug-likeness (QED) is 0.501. The van der Waals surface area contributed by atoms with Crippen LogP contribution in [0.3, 0.4) is 0 Å². The molecule has 0 spiro atoms. The number of hydrogen-bond acceptors (Lipinski definition) is 6. The number of β-amino-alcohol motifs (C(OH)–C–C–N with tert-alkyl or cyclic N) is 1. The van der Waals surface area contributed by atoms with Crippen molar-refractivity contribution in [3.05, 3.63) is 41.0 Å². The third kappa shape index (κ3) is 5.14. The molecule has 4 rings (SSSR count). The molecule has 29 heavy (non-hydrogen) atoms. The molecule has 3 heterocycles. The average Bonchev–Trinajstić information content (AvgIpc) is 3.16. The van der Waals surface area contributed by atoms with Gasteiger partial charge in [-0.15, -0.1) is 0 Å². The number of ether oxygens (including phenoxy) is 1. The van der Waals surface area contributed by atoms with Crippen molar-refractivity contribution in [3.8, 4) is 17.1 Å². The van der Waals surface area contributed by atoms with E-state index in [1.165, 1.54) is 0 Å². The van der Waals surface area contributed by atoms with E-state index in [9.17, 15) is 10.2 Å². The summed E-state index contributed by atoms with van der Waals surface area (Å²) in [4.78, 5) is 14.3. The van der Waals surface area contributed by atoms with Gasteiger partial charge in [0.1, 0.15) is 24.3 Å². The molecule has 0 saturated carbocycles. The summed E-state index contributed by atoms with van der Waals surface area (Å²) >= 11 is 3.41. The minimum absolute atomic E-state index is 0.252. The molecule has 0 aliphatic carbocycles. The minimum Gasteiger partial charge on any atom is -0.491 e. The normalized spacial score (nSPS) is 16.9. The maximum absolute atomic E-state index is 10.3. The molecule has 0 bridgehead atoms. The summed E-state index contributed by atoms with van der Waals surface area (Å²) in [5.74, 6) is 1.87. The fourth-order valence-corrected chi connectivity index (χ4v) is 3.95. The van der Waals surface area contributed by atoms with E-state index in [1.807, 2.05) is 30.3 Å². The Morgan fingerprint density at radius 1 is 1.24 bits per heavy atom. The Balaban J connectivity index is 1.30. The lowest BCUT2D eigenvalue weighted by Crippen LogP contribution is -2.41. The lowest BCUT2D eigenvalue weighted by Gasteiger charge is -2.32. The highest BCUT2D eigenvalue weighted by atomic mass is 79.9. The Morgan fingerprint density at radius 3 is 2.72 bits per heavy atom. The number of hydrogen-bond donors (Lipinski definition) is 3. The topological polar surface area (TPSA) is 94.5 Å². The second-order valence-corrected chi connectivity index (χ2v) is 8.44. The Kier molecular flexibility index (Phi) is 6.44. The van der Waals surface area contributed by atoms with Crippen molar-refractivity contribution >= 4 is 27.1 Å². The summed E-state index contributed by atoms with van der Waals surface area (Å²) in [5, 5.41) is 19.5. The van der Waals surface area contributed by atoms with Crippen LogP contribution in [-0.2, 0) is 0 Å². The Hall–Kier alpha value is -2.00. The van der Waals surface area contributed by atoms with Gasteiger partial charge in [-0.25, -0.2) is 9.97 Å².